The molecule has 0 aliphatic heterocycles. The van der Waals surface area contributed by atoms with Gasteiger partial charge in [0.05, 0.1) is 22.1 Å². The van der Waals surface area contributed by atoms with Gasteiger partial charge in [0.2, 0.25) is 0 Å². The third-order valence-electron chi connectivity index (χ3n) is 3.23. The summed E-state index contributed by atoms with van der Waals surface area (Å²) in [5, 5.41) is 10.8. The lowest BCUT2D eigenvalue weighted by molar-refractivity contribution is -0.384. The second-order valence-corrected chi connectivity index (χ2v) is 5.56. The molecule has 8 nitrogen and oxygen atoms in total. The maximum Gasteiger partial charge on any atom is 0.425 e. The number of hydrazine groups is 1. The van der Waals surface area contributed by atoms with Crippen molar-refractivity contribution in [3.05, 3.63) is 57.1 Å². The number of halogens is 4. The molecular weight excluding hydrogens is 407 g/mol. The van der Waals surface area contributed by atoms with E-state index in [1.54, 1.807) is 6.92 Å². The number of hydrogen-bond donors (Lipinski definition) is 2. The van der Waals surface area contributed by atoms with E-state index in [2.05, 4.69) is 15.6 Å². The van der Waals surface area contributed by atoms with Crippen LogP contribution in [0.15, 0.2) is 36.4 Å². The van der Waals surface area contributed by atoms with E-state index in [0.29, 0.717) is 6.07 Å². The smallest absolute Gasteiger partial charge is 0.425 e. The summed E-state index contributed by atoms with van der Waals surface area (Å²) in [5.74, 6) is -0.0618. The Balaban J connectivity index is 2.25. The monoisotopic (exact) mass is 419 g/mol. The lowest BCUT2D eigenvalue weighted by Gasteiger charge is -2.13. The third-order valence-corrected chi connectivity index (χ3v) is 3.52. The van der Waals surface area contributed by atoms with Gasteiger partial charge in [0, 0.05) is 12.1 Å². The van der Waals surface area contributed by atoms with E-state index in [9.17, 15) is 28.1 Å². The van der Waals surface area contributed by atoms with Gasteiger partial charge in [-0.05, 0) is 31.2 Å². The molecule has 0 aliphatic carbocycles. The van der Waals surface area contributed by atoms with E-state index in [-0.39, 0.29) is 34.5 Å². The van der Waals surface area contributed by atoms with Gasteiger partial charge in [0.25, 0.3) is 5.69 Å². The highest BCUT2D eigenvalue weighted by Gasteiger charge is 2.31. The number of hydrogen-bond acceptors (Lipinski definition) is 6. The Morgan fingerprint density at radius 2 is 1.96 bits per heavy atom. The minimum absolute atomic E-state index is 0.0282. The van der Waals surface area contributed by atoms with Crippen molar-refractivity contribution in [2.24, 2.45) is 0 Å². The maximum absolute atomic E-state index is 12.7. The SMILES string of the molecule is CCOC(=O)NNc1cc(Oc2ccc(C(F)(F)F)cc2Cl)ccc1[N+](=O)[O-]. The van der Waals surface area contributed by atoms with Crippen LogP contribution in [0.5, 0.6) is 11.5 Å². The maximum atomic E-state index is 12.7. The quantitative estimate of drug-likeness (QED) is 0.497. The number of ether oxygens (including phenoxy) is 2. The Bertz CT molecular complexity index is 892. The van der Waals surface area contributed by atoms with Crippen LogP contribution in [0.2, 0.25) is 5.02 Å². The molecular formula is C16H13ClF3N3O5. The van der Waals surface area contributed by atoms with E-state index in [4.69, 9.17) is 16.3 Å². The summed E-state index contributed by atoms with van der Waals surface area (Å²) in [5.41, 5.74) is 2.94. The van der Waals surface area contributed by atoms with Crippen molar-refractivity contribution < 1.29 is 32.4 Å². The number of rotatable bonds is 6. The normalized spacial score (nSPS) is 10.9. The Hall–Kier alpha value is -3.21. The third kappa shape index (κ3) is 5.39. The fourth-order valence-corrected chi connectivity index (χ4v) is 2.23. The summed E-state index contributed by atoms with van der Waals surface area (Å²) >= 11 is 5.82. The second kappa shape index (κ2) is 8.65. The van der Waals surface area contributed by atoms with Crippen LogP contribution in [-0.2, 0) is 10.9 Å². The number of carbonyl (C=O) groups excluding carboxylic acids is 1. The molecule has 0 fully saturated rings. The molecule has 0 unspecified atom stereocenters. The molecule has 1 amide bonds. The van der Waals surface area contributed by atoms with Crippen molar-refractivity contribution in [1.82, 2.24) is 5.43 Å². The van der Waals surface area contributed by atoms with Gasteiger partial charge in [-0.25, -0.2) is 10.2 Å². The zero-order valence-corrected chi connectivity index (χ0v) is 14.9. The van der Waals surface area contributed by atoms with Crippen LogP contribution in [0, 0.1) is 10.1 Å². The molecule has 0 atom stereocenters. The Morgan fingerprint density at radius 3 is 2.54 bits per heavy atom. The predicted molar refractivity (Wildman–Crippen MR) is 93.4 cm³/mol. The van der Waals surface area contributed by atoms with Crippen molar-refractivity contribution in [2.75, 3.05) is 12.0 Å². The largest absolute Gasteiger partial charge is 0.456 e. The highest BCUT2D eigenvalue weighted by atomic mass is 35.5. The van der Waals surface area contributed by atoms with Gasteiger partial charge in [0.1, 0.15) is 17.2 Å². The molecule has 0 spiro atoms. The van der Waals surface area contributed by atoms with Gasteiger partial charge < -0.3 is 9.47 Å². The molecule has 2 rings (SSSR count). The van der Waals surface area contributed by atoms with Crippen molar-refractivity contribution >= 4 is 29.1 Å². The summed E-state index contributed by atoms with van der Waals surface area (Å²) in [7, 11) is 0. The van der Waals surface area contributed by atoms with Gasteiger partial charge in [-0.1, -0.05) is 11.6 Å². The van der Waals surface area contributed by atoms with Crippen LogP contribution in [0.25, 0.3) is 0 Å². The molecule has 0 bridgehead atoms. The van der Waals surface area contributed by atoms with Gasteiger partial charge in [-0.15, -0.1) is 0 Å². The molecule has 150 valence electrons. The lowest BCUT2D eigenvalue weighted by atomic mass is 10.2. The standard InChI is InChI=1S/C16H13ClF3N3O5/c1-2-27-15(24)22-21-12-8-10(4-5-13(12)23(25)26)28-14-6-3-9(7-11(14)17)16(18,19)20/h3-8,21H,2H2,1H3,(H,22,24). The number of nitrogens with zero attached hydrogens (tertiary/aromatic N) is 1. The molecule has 12 heteroatoms. The number of amides is 1. The summed E-state index contributed by atoms with van der Waals surface area (Å²) < 4.78 is 48.1. The molecule has 0 aromatic heterocycles. The zero-order valence-electron chi connectivity index (χ0n) is 14.2. The average Bonchev–Trinajstić information content (AvgIpc) is 2.61. The topological polar surface area (TPSA) is 103 Å². The van der Waals surface area contributed by atoms with Gasteiger partial charge in [-0.3, -0.25) is 15.5 Å². The van der Waals surface area contributed by atoms with Crippen molar-refractivity contribution in [1.29, 1.82) is 0 Å². The minimum Gasteiger partial charge on any atom is -0.456 e. The van der Waals surface area contributed by atoms with E-state index >= 15 is 0 Å². The number of nitrogens with one attached hydrogen (secondary N) is 2. The number of carbonyl (C=O) groups is 1. The Kier molecular flexibility index (Phi) is 6.52. The number of benzene rings is 2. The average molecular weight is 420 g/mol. The van der Waals surface area contributed by atoms with E-state index in [1.165, 1.54) is 12.1 Å². The number of alkyl halides is 3. The number of nitro groups is 1. The fraction of sp³-hybridized carbons (Fsp3) is 0.188. The van der Waals surface area contributed by atoms with Gasteiger partial charge >= 0.3 is 12.3 Å². The van der Waals surface area contributed by atoms with Crippen molar-refractivity contribution in [3.63, 3.8) is 0 Å². The van der Waals surface area contributed by atoms with Gasteiger partial charge in [-0.2, -0.15) is 13.2 Å². The van der Waals surface area contributed by atoms with Crippen LogP contribution in [0.1, 0.15) is 12.5 Å². The van der Waals surface area contributed by atoms with Crippen LogP contribution >= 0.6 is 11.6 Å². The summed E-state index contributed by atoms with van der Waals surface area (Å²) in [6.07, 6.45) is -5.43. The molecule has 0 aliphatic rings. The summed E-state index contributed by atoms with van der Waals surface area (Å²) in [6, 6.07) is 5.98. The van der Waals surface area contributed by atoms with Crippen molar-refractivity contribution in [2.45, 2.75) is 13.1 Å². The first-order chi connectivity index (χ1) is 13.1. The summed E-state index contributed by atoms with van der Waals surface area (Å²) in [4.78, 5) is 21.7. The highest BCUT2D eigenvalue weighted by molar-refractivity contribution is 6.32. The first kappa shape index (κ1) is 21.1. The molecule has 0 saturated heterocycles. The first-order valence-electron chi connectivity index (χ1n) is 7.63. The van der Waals surface area contributed by atoms with E-state index < -0.39 is 22.8 Å². The molecule has 2 aromatic rings. The second-order valence-electron chi connectivity index (χ2n) is 5.15. The minimum atomic E-state index is -4.56. The molecule has 0 radical (unpaired) electrons. The zero-order chi connectivity index (χ0) is 20.9. The Morgan fingerprint density at radius 1 is 1.25 bits per heavy atom. The first-order valence-corrected chi connectivity index (χ1v) is 8.01. The molecule has 0 saturated carbocycles. The van der Waals surface area contributed by atoms with Crippen molar-refractivity contribution in [3.8, 4) is 11.5 Å². The fourth-order valence-electron chi connectivity index (χ4n) is 2.01. The highest BCUT2D eigenvalue weighted by Crippen LogP contribution is 2.37. The number of nitro benzene ring substituents is 1. The predicted octanol–water partition coefficient (Wildman–Crippen LogP) is 5.13. The van der Waals surface area contributed by atoms with Gasteiger partial charge in [0.15, 0.2) is 0 Å². The van der Waals surface area contributed by atoms with Crippen LogP contribution in [0.4, 0.5) is 29.3 Å². The van der Waals surface area contributed by atoms with Crippen LogP contribution < -0.4 is 15.6 Å². The van der Waals surface area contributed by atoms with E-state index in [0.717, 1.165) is 18.2 Å². The summed E-state index contributed by atoms with van der Waals surface area (Å²) in [6.45, 7) is 1.66. The van der Waals surface area contributed by atoms with Crippen LogP contribution in [-0.4, -0.2) is 17.6 Å². The van der Waals surface area contributed by atoms with E-state index in [1.807, 2.05) is 0 Å². The lowest BCUT2D eigenvalue weighted by Crippen LogP contribution is -2.30. The molecule has 28 heavy (non-hydrogen) atoms. The van der Waals surface area contributed by atoms with Crippen LogP contribution in [0.3, 0.4) is 0 Å². The molecule has 2 aromatic carbocycles. The Labute approximate surface area is 161 Å². The number of anilines is 1. The molecule has 2 N–H and O–H groups in total. The molecule has 0 heterocycles.